The third kappa shape index (κ3) is 3.46. The van der Waals surface area contributed by atoms with E-state index in [9.17, 15) is 5.11 Å². The van der Waals surface area contributed by atoms with Gasteiger partial charge in [-0.05, 0) is 24.6 Å². The summed E-state index contributed by atoms with van der Waals surface area (Å²) in [5.74, 6) is 1.12. The Labute approximate surface area is 140 Å². The molecule has 0 aliphatic carbocycles. The number of ether oxygens (including phenoxy) is 1. The van der Waals surface area contributed by atoms with Gasteiger partial charge < -0.3 is 14.4 Å². The van der Waals surface area contributed by atoms with Crippen LogP contribution in [0.25, 0.3) is 0 Å². The fraction of sp³-hybridized carbons (Fsp3) is 0.263. The summed E-state index contributed by atoms with van der Waals surface area (Å²) in [6, 6.07) is 19.2. The lowest BCUT2D eigenvalue weighted by atomic mass is 9.85. The van der Waals surface area contributed by atoms with Crippen LogP contribution < -0.4 is 4.74 Å². The van der Waals surface area contributed by atoms with E-state index < -0.39 is 5.60 Å². The van der Waals surface area contributed by atoms with Gasteiger partial charge in [-0.1, -0.05) is 60.6 Å². The molecule has 0 spiro atoms. The second-order valence-corrected chi connectivity index (χ2v) is 5.90. The lowest BCUT2D eigenvalue weighted by molar-refractivity contribution is 0.000602. The average Bonchev–Trinajstić information content (AvgIpc) is 3.11. The largest absolute Gasteiger partial charge is 0.485 e. The maximum absolute atomic E-state index is 10.9. The van der Waals surface area contributed by atoms with Crippen LogP contribution in [0.3, 0.4) is 0 Å². The van der Waals surface area contributed by atoms with E-state index in [0.717, 1.165) is 11.3 Å². The summed E-state index contributed by atoms with van der Waals surface area (Å²) in [5, 5.41) is 14.8. The SMILES string of the molecule is C[C@H](c1ccccc1)[C@](C)(O)c1nc(COc2ccccc2)no1. The molecule has 24 heavy (non-hydrogen) atoms. The Kier molecular flexibility index (Phi) is 4.62. The van der Waals surface area contributed by atoms with Crippen LogP contribution in [0.15, 0.2) is 65.2 Å². The molecule has 1 N–H and O–H groups in total. The molecule has 0 aliphatic rings. The van der Waals surface area contributed by atoms with Gasteiger partial charge in [-0.2, -0.15) is 4.98 Å². The van der Waals surface area contributed by atoms with Crippen LogP contribution in [0.5, 0.6) is 5.75 Å². The number of hydrogen-bond donors (Lipinski definition) is 1. The summed E-state index contributed by atoms with van der Waals surface area (Å²) < 4.78 is 10.9. The summed E-state index contributed by atoms with van der Waals surface area (Å²) in [6.07, 6.45) is 0. The van der Waals surface area contributed by atoms with Gasteiger partial charge in [-0.25, -0.2) is 0 Å². The maximum atomic E-state index is 10.9. The van der Waals surface area contributed by atoms with Gasteiger partial charge in [0.05, 0.1) is 0 Å². The number of para-hydroxylation sites is 1. The Morgan fingerprint density at radius 2 is 1.71 bits per heavy atom. The van der Waals surface area contributed by atoms with Crippen molar-refractivity contribution in [3.63, 3.8) is 0 Å². The fourth-order valence-corrected chi connectivity index (χ4v) is 2.43. The number of hydrogen-bond acceptors (Lipinski definition) is 5. The third-order valence-electron chi connectivity index (χ3n) is 4.15. The molecule has 0 fully saturated rings. The van der Waals surface area contributed by atoms with Crippen LogP contribution in [0.2, 0.25) is 0 Å². The first kappa shape index (κ1) is 16.2. The second-order valence-electron chi connectivity index (χ2n) is 5.90. The Hall–Kier alpha value is -2.66. The highest BCUT2D eigenvalue weighted by molar-refractivity contribution is 5.24. The van der Waals surface area contributed by atoms with Crippen LogP contribution in [-0.2, 0) is 12.2 Å². The molecule has 0 saturated heterocycles. The fourth-order valence-electron chi connectivity index (χ4n) is 2.43. The number of benzene rings is 2. The summed E-state index contributed by atoms with van der Waals surface area (Å²) in [7, 11) is 0. The van der Waals surface area contributed by atoms with Gasteiger partial charge in [-0.3, -0.25) is 0 Å². The van der Waals surface area contributed by atoms with Gasteiger partial charge in [0, 0.05) is 5.92 Å². The molecule has 3 rings (SSSR count). The topological polar surface area (TPSA) is 68.4 Å². The molecule has 5 nitrogen and oxygen atoms in total. The number of aliphatic hydroxyl groups is 1. The lowest BCUT2D eigenvalue weighted by Crippen LogP contribution is -2.28. The zero-order valence-corrected chi connectivity index (χ0v) is 13.7. The second kappa shape index (κ2) is 6.84. The molecule has 5 heteroatoms. The number of aromatic nitrogens is 2. The van der Waals surface area contributed by atoms with E-state index in [1.165, 1.54) is 0 Å². The molecule has 124 valence electrons. The predicted octanol–water partition coefficient (Wildman–Crippen LogP) is 3.66. The van der Waals surface area contributed by atoms with E-state index in [2.05, 4.69) is 10.1 Å². The van der Waals surface area contributed by atoms with Gasteiger partial charge in [0.1, 0.15) is 11.4 Å². The average molecular weight is 324 g/mol. The minimum atomic E-state index is -1.26. The van der Waals surface area contributed by atoms with Crippen LogP contribution in [0.4, 0.5) is 0 Å². The van der Waals surface area contributed by atoms with Crippen molar-refractivity contribution in [2.24, 2.45) is 0 Å². The Morgan fingerprint density at radius 3 is 2.38 bits per heavy atom. The monoisotopic (exact) mass is 324 g/mol. The first-order valence-electron chi connectivity index (χ1n) is 7.85. The third-order valence-corrected chi connectivity index (χ3v) is 4.15. The van der Waals surface area contributed by atoms with E-state index in [-0.39, 0.29) is 18.4 Å². The van der Waals surface area contributed by atoms with Crippen molar-refractivity contribution in [1.29, 1.82) is 0 Å². The quantitative estimate of drug-likeness (QED) is 0.749. The zero-order valence-electron chi connectivity index (χ0n) is 13.7. The number of nitrogens with zero attached hydrogens (tertiary/aromatic N) is 2. The van der Waals surface area contributed by atoms with E-state index in [1.54, 1.807) is 6.92 Å². The standard InChI is InChI=1S/C19H20N2O3/c1-14(15-9-5-3-6-10-15)19(2,22)18-20-17(21-24-18)13-23-16-11-7-4-8-12-16/h3-12,14,22H,13H2,1-2H3/t14-,19+/m1/s1. The molecule has 2 atom stereocenters. The molecule has 1 aromatic heterocycles. The summed E-state index contributed by atoms with van der Waals surface area (Å²) in [6.45, 7) is 3.79. The van der Waals surface area contributed by atoms with Gasteiger partial charge in [0.25, 0.3) is 5.89 Å². The van der Waals surface area contributed by atoms with Gasteiger partial charge >= 0.3 is 0 Å². The van der Waals surface area contributed by atoms with Crippen LogP contribution in [0.1, 0.15) is 37.0 Å². The highest BCUT2D eigenvalue weighted by Gasteiger charge is 2.37. The highest BCUT2D eigenvalue weighted by atomic mass is 16.5. The van der Waals surface area contributed by atoms with Crippen molar-refractivity contribution >= 4 is 0 Å². The molecule has 0 saturated carbocycles. The van der Waals surface area contributed by atoms with Crippen molar-refractivity contribution < 1.29 is 14.4 Å². The van der Waals surface area contributed by atoms with E-state index in [4.69, 9.17) is 9.26 Å². The van der Waals surface area contributed by atoms with E-state index >= 15 is 0 Å². The Balaban J connectivity index is 1.72. The van der Waals surface area contributed by atoms with Crippen LogP contribution >= 0.6 is 0 Å². The van der Waals surface area contributed by atoms with Crippen molar-refractivity contribution in [3.8, 4) is 5.75 Å². The summed E-state index contributed by atoms with van der Waals surface area (Å²) >= 11 is 0. The van der Waals surface area contributed by atoms with Crippen LogP contribution in [-0.4, -0.2) is 15.2 Å². The smallest absolute Gasteiger partial charge is 0.259 e. The van der Waals surface area contributed by atoms with Crippen molar-refractivity contribution in [2.75, 3.05) is 0 Å². The zero-order chi connectivity index (χ0) is 17.0. The van der Waals surface area contributed by atoms with Gasteiger partial charge in [0.2, 0.25) is 5.82 Å². The Morgan fingerprint density at radius 1 is 1.08 bits per heavy atom. The molecule has 0 amide bonds. The van der Waals surface area contributed by atoms with Gasteiger partial charge in [-0.15, -0.1) is 0 Å². The lowest BCUT2D eigenvalue weighted by Gasteiger charge is -2.26. The molecule has 0 aliphatic heterocycles. The molecular weight excluding hydrogens is 304 g/mol. The predicted molar refractivity (Wildman–Crippen MR) is 89.5 cm³/mol. The van der Waals surface area contributed by atoms with Crippen LogP contribution in [0, 0.1) is 0 Å². The van der Waals surface area contributed by atoms with Gasteiger partial charge in [0.15, 0.2) is 6.61 Å². The highest BCUT2D eigenvalue weighted by Crippen LogP contribution is 2.35. The molecule has 1 heterocycles. The van der Waals surface area contributed by atoms with Crippen molar-refractivity contribution in [3.05, 3.63) is 77.9 Å². The van der Waals surface area contributed by atoms with Crippen molar-refractivity contribution in [2.45, 2.75) is 32.0 Å². The molecule has 3 aromatic rings. The normalized spacial score (nSPS) is 14.8. The summed E-state index contributed by atoms with van der Waals surface area (Å²) in [4.78, 5) is 4.29. The van der Waals surface area contributed by atoms with E-state index in [0.29, 0.717) is 5.82 Å². The minimum absolute atomic E-state index is 0.184. The molecular formula is C19H20N2O3. The minimum Gasteiger partial charge on any atom is -0.485 e. The molecule has 0 radical (unpaired) electrons. The first-order valence-corrected chi connectivity index (χ1v) is 7.85. The molecule has 2 aromatic carbocycles. The van der Waals surface area contributed by atoms with E-state index in [1.807, 2.05) is 67.6 Å². The maximum Gasteiger partial charge on any atom is 0.259 e. The Bertz CT molecular complexity index is 770. The molecule has 0 bridgehead atoms. The summed E-state index contributed by atoms with van der Waals surface area (Å²) in [5.41, 5.74) is -0.262. The number of rotatable bonds is 6. The van der Waals surface area contributed by atoms with Crippen molar-refractivity contribution in [1.82, 2.24) is 10.1 Å². The first-order chi connectivity index (χ1) is 11.6. The molecule has 0 unspecified atom stereocenters.